The predicted molar refractivity (Wildman–Crippen MR) is 111 cm³/mol. The third kappa shape index (κ3) is 3.66. The van der Waals surface area contributed by atoms with Gasteiger partial charge in [0.1, 0.15) is 6.61 Å². The van der Waals surface area contributed by atoms with E-state index < -0.39 is 0 Å². The summed E-state index contributed by atoms with van der Waals surface area (Å²) in [6.07, 6.45) is 5.51. The molecule has 3 fully saturated rings. The zero-order valence-electron chi connectivity index (χ0n) is 15.4. The highest BCUT2D eigenvalue weighted by Gasteiger charge is 2.44. The number of fused-ring (bicyclic) bond motifs is 3. The van der Waals surface area contributed by atoms with Gasteiger partial charge in [0.15, 0.2) is 5.75 Å². The minimum absolute atomic E-state index is 0.571. The number of piperazine rings is 1. The van der Waals surface area contributed by atoms with Crippen molar-refractivity contribution in [2.75, 3.05) is 43.5 Å². The van der Waals surface area contributed by atoms with Crippen molar-refractivity contribution in [3.8, 4) is 5.75 Å². The monoisotopic (exact) mass is 394 g/mol. The molecule has 0 saturated carbocycles. The second kappa shape index (κ2) is 7.90. The van der Waals surface area contributed by atoms with Gasteiger partial charge >= 0.3 is 0 Å². The number of piperidine rings is 1. The first-order valence-electron chi connectivity index (χ1n) is 8.94. The molecule has 8 heteroatoms. The van der Waals surface area contributed by atoms with E-state index >= 15 is 0 Å². The number of H-pyrrole nitrogens is 1. The first-order chi connectivity index (χ1) is 12.7. The van der Waals surface area contributed by atoms with Crippen LogP contribution < -0.4 is 9.61 Å². The zero-order chi connectivity index (χ0) is 18.1. The molecule has 2 N–H and O–H groups in total. The molecule has 3 aliphatic rings. The Kier molecular flexibility index (Phi) is 5.56. The molecule has 6 nitrogen and oxygen atoms in total. The fourth-order valence-corrected chi connectivity index (χ4v) is 5.26. The molecular weight excluding hydrogens is 368 g/mol. The minimum Gasteiger partial charge on any atom is -0.359 e. The molecule has 2 atom stereocenters. The van der Waals surface area contributed by atoms with Crippen LogP contribution in [0.1, 0.15) is 12.1 Å². The van der Waals surface area contributed by atoms with Crippen LogP contribution in [0.4, 0.5) is 5.69 Å². The summed E-state index contributed by atoms with van der Waals surface area (Å²) in [6.45, 7) is 5.80. The van der Waals surface area contributed by atoms with Crippen LogP contribution in [-0.2, 0) is 4.89 Å². The van der Waals surface area contributed by atoms with Crippen LogP contribution >= 0.6 is 23.9 Å². The molecule has 5 rings (SSSR count). The maximum Gasteiger partial charge on any atom is 0.190 e. The normalized spacial score (nSPS) is 23.2. The zero-order valence-corrected chi connectivity index (χ0v) is 17.1. The van der Waals surface area contributed by atoms with E-state index in [0.29, 0.717) is 18.7 Å². The van der Waals surface area contributed by atoms with Gasteiger partial charge in [0.05, 0.1) is 5.69 Å². The van der Waals surface area contributed by atoms with E-state index in [1.165, 1.54) is 18.4 Å². The average molecular weight is 395 g/mol. The molecule has 4 heterocycles. The highest BCUT2D eigenvalue weighted by Crippen LogP contribution is 2.36. The Hall–Kier alpha value is -1.06. The second-order valence-electron chi connectivity index (χ2n) is 6.94. The molecule has 2 unspecified atom stereocenters. The Morgan fingerprint density at radius 2 is 2.04 bits per heavy atom. The van der Waals surface area contributed by atoms with Crippen LogP contribution in [0.2, 0.25) is 0 Å². The Bertz CT molecular complexity index is 757. The Morgan fingerprint density at radius 1 is 1.23 bits per heavy atom. The third-order valence-electron chi connectivity index (χ3n) is 5.12. The lowest BCUT2D eigenvalue weighted by atomic mass is 9.91. The van der Waals surface area contributed by atoms with Gasteiger partial charge in [0.25, 0.3) is 0 Å². The van der Waals surface area contributed by atoms with E-state index in [-0.39, 0.29) is 0 Å². The van der Waals surface area contributed by atoms with Gasteiger partial charge in [-0.2, -0.15) is 4.89 Å². The lowest BCUT2D eigenvalue weighted by molar-refractivity contribution is -0.210. The van der Waals surface area contributed by atoms with Crippen molar-refractivity contribution >= 4 is 40.5 Å². The first kappa shape index (κ1) is 18.3. The largest absolute Gasteiger partial charge is 0.359 e. The molecule has 1 aromatic heterocycles. The Labute approximate surface area is 163 Å². The van der Waals surface area contributed by atoms with Gasteiger partial charge < -0.3 is 14.6 Å². The number of benzene rings is 1. The Balaban J connectivity index is 1.31. The molecule has 142 valence electrons. The summed E-state index contributed by atoms with van der Waals surface area (Å²) >= 11 is 3.42. The van der Waals surface area contributed by atoms with Gasteiger partial charge in [0, 0.05) is 54.6 Å². The molecule has 0 amide bonds. The lowest BCUT2D eigenvalue weighted by Crippen LogP contribution is -2.66. The van der Waals surface area contributed by atoms with Gasteiger partial charge in [0.2, 0.25) is 0 Å². The Morgan fingerprint density at radius 3 is 2.77 bits per heavy atom. The summed E-state index contributed by atoms with van der Waals surface area (Å²) in [4.78, 5) is 17.0. The predicted octanol–water partition coefficient (Wildman–Crippen LogP) is 3.51. The molecule has 1 aromatic carbocycles. The summed E-state index contributed by atoms with van der Waals surface area (Å²) < 4.78 is 5.79. The van der Waals surface area contributed by atoms with Crippen LogP contribution in [-0.4, -0.2) is 65.0 Å². The number of nitrogens with zero attached hydrogens (tertiary/aromatic N) is 2. The van der Waals surface area contributed by atoms with E-state index in [0.717, 1.165) is 47.7 Å². The lowest BCUT2D eigenvalue weighted by Gasteiger charge is -2.55. The topological polar surface area (TPSA) is 52.8 Å². The number of nitrogens with one attached hydrogen (secondary N) is 2. The van der Waals surface area contributed by atoms with Gasteiger partial charge in [-0.25, -0.2) is 4.31 Å². The highest BCUT2D eigenvalue weighted by molar-refractivity contribution is 7.99. The number of hydrogen-bond donors (Lipinski definition) is 2. The van der Waals surface area contributed by atoms with Crippen molar-refractivity contribution in [1.82, 2.24) is 14.2 Å². The molecule has 0 radical (unpaired) electrons. The number of aryl methyl sites for hydroxylation is 1. The minimum atomic E-state index is 0.571. The summed E-state index contributed by atoms with van der Waals surface area (Å²) in [5.74, 6) is 0.723. The van der Waals surface area contributed by atoms with Gasteiger partial charge in [-0.15, -0.1) is 0 Å². The van der Waals surface area contributed by atoms with Gasteiger partial charge in [-0.3, -0.25) is 4.90 Å². The molecule has 0 aliphatic carbocycles. The molecular formula is C18H26N4O2S2. The third-order valence-corrected chi connectivity index (χ3v) is 6.56. The molecule has 3 aliphatic heterocycles. The average Bonchev–Trinajstić information content (AvgIpc) is 2.98. The van der Waals surface area contributed by atoms with E-state index in [1.54, 1.807) is 0 Å². The summed E-state index contributed by atoms with van der Waals surface area (Å²) in [5, 5.41) is 1.13. The standard InChI is InChI=1S/C18H26N4O2S2/c1-12-6-13-7-18(17(20-25-2)9-16(13)19-12)24-23-5-4-21-10-14-8-15(11-21)22(14)26-3/h6-7,9,14-15,19-20H,4-5,8,10-11H2,1-3H3. The van der Waals surface area contributed by atoms with Gasteiger partial charge in [-0.05, 0) is 37.8 Å². The van der Waals surface area contributed by atoms with E-state index in [9.17, 15) is 0 Å². The fraction of sp³-hybridized carbons (Fsp3) is 0.556. The van der Waals surface area contributed by atoms with E-state index in [2.05, 4.69) is 44.2 Å². The van der Waals surface area contributed by atoms with Crippen LogP contribution in [0.3, 0.4) is 0 Å². The molecule has 3 saturated heterocycles. The number of aromatic amines is 1. The fourth-order valence-electron chi connectivity index (χ4n) is 3.98. The van der Waals surface area contributed by atoms with Crippen LogP contribution in [0.15, 0.2) is 18.2 Å². The number of rotatable bonds is 8. The van der Waals surface area contributed by atoms with Crippen LogP contribution in [0, 0.1) is 6.92 Å². The maximum atomic E-state index is 5.65. The van der Waals surface area contributed by atoms with Crippen LogP contribution in [0.5, 0.6) is 5.75 Å². The van der Waals surface area contributed by atoms with Crippen molar-refractivity contribution in [3.63, 3.8) is 0 Å². The summed E-state index contributed by atoms with van der Waals surface area (Å²) in [6, 6.07) is 7.61. The maximum absolute atomic E-state index is 5.65. The number of anilines is 1. The molecule has 0 spiro atoms. The number of hydrogen-bond acceptors (Lipinski definition) is 7. The SMILES string of the molecule is CSNc1cc2[nH]c(C)cc2cc1OOCCN1CC2CC(C1)N2SC. The van der Waals surface area contributed by atoms with Gasteiger partial charge in [-0.1, -0.05) is 23.9 Å². The van der Waals surface area contributed by atoms with E-state index in [1.807, 2.05) is 24.3 Å². The van der Waals surface area contributed by atoms with Crippen molar-refractivity contribution in [2.24, 2.45) is 0 Å². The van der Waals surface area contributed by atoms with Crippen LogP contribution in [0.25, 0.3) is 10.9 Å². The molecule has 26 heavy (non-hydrogen) atoms. The van der Waals surface area contributed by atoms with Crippen molar-refractivity contribution in [3.05, 3.63) is 23.9 Å². The first-order valence-corrected chi connectivity index (χ1v) is 11.3. The summed E-state index contributed by atoms with van der Waals surface area (Å²) in [7, 11) is 0. The van der Waals surface area contributed by atoms with E-state index in [4.69, 9.17) is 9.78 Å². The highest BCUT2D eigenvalue weighted by atomic mass is 32.2. The quantitative estimate of drug-likeness (QED) is 0.307. The second-order valence-corrected chi connectivity index (χ2v) is 8.34. The van der Waals surface area contributed by atoms with Crippen molar-refractivity contribution in [1.29, 1.82) is 0 Å². The summed E-state index contributed by atoms with van der Waals surface area (Å²) in [5.41, 5.74) is 3.15. The smallest absolute Gasteiger partial charge is 0.190 e. The van der Waals surface area contributed by atoms with Crippen molar-refractivity contribution < 1.29 is 9.78 Å². The molecule has 2 aromatic rings. The molecule has 2 bridgehead atoms. The number of aromatic nitrogens is 1. The van der Waals surface area contributed by atoms with Crippen molar-refractivity contribution in [2.45, 2.75) is 25.4 Å².